The molecule has 4 rings (SSSR count). The van der Waals surface area contributed by atoms with Crippen molar-refractivity contribution in [3.8, 4) is 0 Å². The number of aryl methyl sites for hydroxylation is 1. The maximum atomic E-state index is 12.8. The molecule has 0 aliphatic heterocycles. The number of pyridine rings is 1. The third-order valence-corrected chi connectivity index (χ3v) is 5.90. The van der Waals surface area contributed by atoms with Crippen LogP contribution < -0.4 is 15.5 Å². The van der Waals surface area contributed by atoms with E-state index in [1.807, 2.05) is 74.4 Å². The van der Waals surface area contributed by atoms with Crippen molar-refractivity contribution in [1.82, 2.24) is 10.3 Å². The van der Waals surface area contributed by atoms with Gasteiger partial charge in [0.05, 0.1) is 11.6 Å². The lowest BCUT2D eigenvalue weighted by Crippen LogP contribution is -2.24. The Hall–Kier alpha value is -3.32. The Morgan fingerprint density at radius 2 is 1.87 bits per heavy atom. The van der Waals surface area contributed by atoms with Crippen molar-refractivity contribution >= 4 is 50.0 Å². The van der Waals surface area contributed by atoms with Crippen LogP contribution in [0.2, 0.25) is 0 Å². The summed E-state index contributed by atoms with van der Waals surface area (Å²) in [5, 5.41) is 7.06. The van der Waals surface area contributed by atoms with Crippen molar-refractivity contribution in [3.05, 3.63) is 82.2 Å². The predicted octanol–water partition coefficient (Wildman–Crippen LogP) is 5.64. The van der Waals surface area contributed by atoms with E-state index in [4.69, 9.17) is 4.42 Å². The number of carbonyl (C=O) groups excluding carboxylic acids is 1. The van der Waals surface area contributed by atoms with E-state index in [9.17, 15) is 4.79 Å². The van der Waals surface area contributed by atoms with Gasteiger partial charge in [-0.2, -0.15) is 0 Å². The van der Waals surface area contributed by atoms with Crippen LogP contribution in [0.3, 0.4) is 0 Å². The number of benzene rings is 2. The molecule has 0 fully saturated rings. The van der Waals surface area contributed by atoms with Gasteiger partial charge in [0.15, 0.2) is 0 Å². The van der Waals surface area contributed by atoms with E-state index in [2.05, 4.69) is 31.5 Å². The summed E-state index contributed by atoms with van der Waals surface area (Å²) in [7, 11) is 3.99. The molecule has 4 aromatic rings. The molecule has 0 atom stereocenters. The zero-order chi connectivity index (χ0) is 22.0. The molecule has 0 saturated heterocycles. The quantitative estimate of drug-likeness (QED) is 0.375. The molecule has 0 aliphatic rings. The Balaban J connectivity index is 1.54. The first-order valence-corrected chi connectivity index (χ1v) is 10.7. The molecule has 2 aromatic carbocycles. The summed E-state index contributed by atoms with van der Waals surface area (Å²) in [5.74, 6) is 0.318. The molecule has 0 aliphatic carbocycles. The van der Waals surface area contributed by atoms with Crippen LogP contribution >= 0.6 is 15.9 Å². The number of furan rings is 1. The number of rotatable bonds is 6. The van der Waals surface area contributed by atoms with Crippen LogP contribution in [0.1, 0.15) is 21.6 Å². The average Bonchev–Trinajstić information content (AvgIpc) is 3.24. The lowest BCUT2D eigenvalue weighted by atomic mass is 10.2. The summed E-state index contributed by atoms with van der Waals surface area (Å²) in [6.07, 6.45) is 1.60. The van der Waals surface area contributed by atoms with Crippen LogP contribution in [-0.4, -0.2) is 25.0 Å². The lowest BCUT2D eigenvalue weighted by Gasteiger charge is -2.13. The fourth-order valence-corrected chi connectivity index (χ4v) is 3.47. The van der Waals surface area contributed by atoms with E-state index in [0.717, 1.165) is 32.4 Å². The van der Waals surface area contributed by atoms with E-state index < -0.39 is 0 Å². The van der Waals surface area contributed by atoms with Gasteiger partial charge in [0.25, 0.3) is 5.91 Å². The topological polar surface area (TPSA) is 70.4 Å². The average molecular weight is 479 g/mol. The van der Waals surface area contributed by atoms with Crippen LogP contribution in [-0.2, 0) is 6.54 Å². The Kier molecular flexibility index (Phi) is 5.95. The van der Waals surface area contributed by atoms with Crippen molar-refractivity contribution in [1.29, 1.82) is 0 Å². The van der Waals surface area contributed by atoms with Crippen LogP contribution in [0.25, 0.3) is 11.0 Å². The number of nitrogens with one attached hydrogen (secondary N) is 2. The highest BCUT2D eigenvalue weighted by atomic mass is 79.9. The molecule has 0 unspecified atom stereocenters. The van der Waals surface area contributed by atoms with Crippen molar-refractivity contribution in [2.24, 2.45) is 0 Å². The molecule has 2 N–H and O–H groups in total. The highest BCUT2D eigenvalue weighted by molar-refractivity contribution is 9.10. The van der Waals surface area contributed by atoms with Crippen molar-refractivity contribution in [2.75, 3.05) is 24.3 Å². The van der Waals surface area contributed by atoms with Gasteiger partial charge < -0.3 is 20.0 Å². The number of nitrogens with zero attached hydrogens (tertiary/aromatic N) is 2. The zero-order valence-corrected chi connectivity index (χ0v) is 19.2. The molecule has 0 radical (unpaired) electrons. The highest BCUT2D eigenvalue weighted by Crippen LogP contribution is 2.28. The van der Waals surface area contributed by atoms with E-state index in [1.165, 1.54) is 0 Å². The van der Waals surface area contributed by atoms with Gasteiger partial charge >= 0.3 is 0 Å². The van der Waals surface area contributed by atoms with Gasteiger partial charge in [-0.3, -0.25) is 4.79 Å². The molecule has 31 heavy (non-hydrogen) atoms. The van der Waals surface area contributed by atoms with E-state index in [-0.39, 0.29) is 5.91 Å². The monoisotopic (exact) mass is 478 g/mol. The lowest BCUT2D eigenvalue weighted by molar-refractivity contribution is 0.0946. The van der Waals surface area contributed by atoms with Crippen molar-refractivity contribution in [2.45, 2.75) is 13.5 Å². The summed E-state index contributed by atoms with van der Waals surface area (Å²) in [6.45, 7) is 2.43. The summed E-state index contributed by atoms with van der Waals surface area (Å²) in [4.78, 5) is 19.4. The van der Waals surface area contributed by atoms with Crippen LogP contribution in [0.4, 0.5) is 17.2 Å². The van der Waals surface area contributed by atoms with Gasteiger partial charge in [-0.25, -0.2) is 4.98 Å². The van der Waals surface area contributed by atoms with Gasteiger partial charge in [-0.05, 0) is 54.4 Å². The third kappa shape index (κ3) is 4.72. The molecule has 158 valence electrons. The predicted molar refractivity (Wildman–Crippen MR) is 128 cm³/mol. The van der Waals surface area contributed by atoms with E-state index in [0.29, 0.717) is 23.6 Å². The smallest absolute Gasteiger partial charge is 0.270 e. The largest absolute Gasteiger partial charge is 0.464 e. The summed E-state index contributed by atoms with van der Waals surface area (Å²) >= 11 is 3.51. The maximum absolute atomic E-state index is 12.8. The fraction of sp³-hybridized carbons (Fsp3) is 0.167. The minimum Gasteiger partial charge on any atom is -0.464 e. The molecule has 2 aromatic heterocycles. The molecule has 0 spiro atoms. The summed E-state index contributed by atoms with van der Waals surface area (Å²) in [6, 6.07) is 17.5. The molecule has 7 heteroatoms. The Labute approximate surface area is 189 Å². The number of fused-ring (bicyclic) bond motifs is 1. The zero-order valence-electron chi connectivity index (χ0n) is 17.6. The first kappa shape index (κ1) is 20.9. The number of aromatic nitrogens is 1. The van der Waals surface area contributed by atoms with Crippen LogP contribution in [0.15, 0.2) is 69.8 Å². The highest BCUT2D eigenvalue weighted by Gasteiger charge is 2.14. The standard InChI is InChI=1S/C24H23BrN4O2/c1-15-12-17(6-9-20(15)25)27-23-19-10-11-31-22(19)13-21(28-23)24(30)26-14-16-4-7-18(8-5-16)29(2)3/h4-13H,14H2,1-3H3,(H,26,30)(H,27,28). The number of anilines is 3. The number of carbonyl (C=O) groups is 1. The summed E-state index contributed by atoms with van der Waals surface area (Å²) < 4.78 is 6.59. The minimum absolute atomic E-state index is 0.259. The minimum atomic E-state index is -0.259. The Bertz CT molecular complexity index is 1230. The Morgan fingerprint density at radius 3 is 2.58 bits per heavy atom. The second kappa shape index (κ2) is 8.81. The van der Waals surface area contributed by atoms with Crippen molar-refractivity contribution in [3.63, 3.8) is 0 Å². The number of amides is 1. The Morgan fingerprint density at radius 1 is 1.10 bits per heavy atom. The molecule has 6 nitrogen and oxygen atoms in total. The van der Waals surface area contributed by atoms with Crippen LogP contribution in [0, 0.1) is 6.92 Å². The number of hydrogen-bond acceptors (Lipinski definition) is 5. The maximum Gasteiger partial charge on any atom is 0.270 e. The normalized spacial score (nSPS) is 10.8. The molecule has 0 saturated carbocycles. The first-order valence-electron chi connectivity index (χ1n) is 9.86. The molecular weight excluding hydrogens is 456 g/mol. The SMILES string of the molecule is Cc1cc(Nc2nc(C(=O)NCc3ccc(N(C)C)cc3)cc3occc23)ccc1Br. The summed E-state index contributed by atoms with van der Waals surface area (Å²) in [5.41, 5.74) is 5.01. The van der Waals surface area contributed by atoms with Crippen LogP contribution in [0.5, 0.6) is 0 Å². The number of halogens is 1. The molecule has 0 bridgehead atoms. The van der Waals surface area contributed by atoms with E-state index >= 15 is 0 Å². The first-order chi connectivity index (χ1) is 14.9. The van der Waals surface area contributed by atoms with Crippen molar-refractivity contribution < 1.29 is 9.21 Å². The fourth-order valence-electron chi connectivity index (χ4n) is 3.22. The molecule has 1 amide bonds. The van der Waals surface area contributed by atoms with E-state index in [1.54, 1.807) is 12.3 Å². The second-order valence-electron chi connectivity index (χ2n) is 7.52. The van der Waals surface area contributed by atoms with Gasteiger partial charge in [-0.15, -0.1) is 0 Å². The van der Waals surface area contributed by atoms with Gasteiger partial charge in [0.2, 0.25) is 0 Å². The number of hydrogen-bond donors (Lipinski definition) is 2. The van der Waals surface area contributed by atoms with Gasteiger partial charge in [0.1, 0.15) is 17.1 Å². The molecule has 2 heterocycles. The molecular formula is C24H23BrN4O2. The second-order valence-corrected chi connectivity index (χ2v) is 8.38. The third-order valence-electron chi connectivity index (χ3n) is 5.01. The van der Waals surface area contributed by atoms with Gasteiger partial charge in [0, 0.05) is 42.6 Å². The van der Waals surface area contributed by atoms with Gasteiger partial charge in [-0.1, -0.05) is 28.1 Å².